The number of hydrogen-bond donors (Lipinski definition) is 2. The van der Waals surface area contributed by atoms with Crippen molar-refractivity contribution in [3.63, 3.8) is 0 Å². The fourth-order valence-corrected chi connectivity index (χ4v) is 1.98. The summed E-state index contributed by atoms with van der Waals surface area (Å²) in [5.41, 5.74) is 1.34. The average molecular weight is 290 g/mol. The highest BCUT2D eigenvalue weighted by atomic mass is 35.5. The van der Waals surface area contributed by atoms with Gasteiger partial charge in [-0.3, -0.25) is 0 Å². The number of hydrogen-bond acceptors (Lipinski definition) is 3. The van der Waals surface area contributed by atoms with Crippen LogP contribution >= 0.6 is 11.6 Å². The molecular formula is C14H9ClFN3O. The van der Waals surface area contributed by atoms with Crippen LogP contribution in [-0.2, 0) is 0 Å². The van der Waals surface area contributed by atoms with E-state index >= 15 is 0 Å². The Balaban J connectivity index is 2.02. The van der Waals surface area contributed by atoms with Crippen LogP contribution in [0.2, 0.25) is 5.02 Å². The first-order chi connectivity index (χ1) is 9.63. The molecule has 0 aliphatic carbocycles. The third kappa shape index (κ3) is 2.35. The molecule has 0 spiro atoms. The van der Waals surface area contributed by atoms with Crippen molar-refractivity contribution in [2.24, 2.45) is 10.2 Å². The zero-order chi connectivity index (χ0) is 14.1. The van der Waals surface area contributed by atoms with Gasteiger partial charge in [0.15, 0.2) is 5.69 Å². The van der Waals surface area contributed by atoms with E-state index < -0.39 is 0 Å². The average Bonchev–Trinajstić information content (AvgIpc) is 2.73. The van der Waals surface area contributed by atoms with Crippen molar-refractivity contribution in [3.05, 3.63) is 53.3 Å². The largest absolute Gasteiger partial charge is 0.493 e. The van der Waals surface area contributed by atoms with Crippen LogP contribution in [0.15, 0.2) is 52.7 Å². The number of nitrogens with zero attached hydrogens (tertiary/aromatic N) is 2. The maximum absolute atomic E-state index is 13.1. The second-order valence-electron chi connectivity index (χ2n) is 4.19. The number of aromatic amines is 1. The van der Waals surface area contributed by atoms with Gasteiger partial charge in [0, 0.05) is 10.4 Å². The number of aromatic nitrogens is 1. The lowest BCUT2D eigenvalue weighted by Crippen LogP contribution is -1.72. The highest BCUT2D eigenvalue weighted by Gasteiger charge is 2.10. The first-order valence-electron chi connectivity index (χ1n) is 5.81. The van der Waals surface area contributed by atoms with E-state index in [0.29, 0.717) is 21.6 Å². The number of fused-ring (bicyclic) bond motifs is 1. The van der Waals surface area contributed by atoms with Crippen LogP contribution in [0.1, 0.15) is 0 Å². The minimum Gasteiger partial charge on any atom is -0.493 e. The summed E-state index contributed by atoms with van der Waals surface area (Å²) < 4.78 is 13.1. The molecule has 6 heteroatoms. The number of rotatable bonds is 2. The maximum atomic E-state index is 13.1. The van der Waals surface area contributed by atoms with Crippen LogP contribution in [0.5, 0.6) is 5.88 Å². The van der Waals surface area contributed by atoms with Gasteiger partial charge in [-0.1, -0.05) is 11.6 Å². The summed E-state index contributed by atoms with van der Waals surface area (Å²) in [5, 5.41) is 19.0. The van der Waals surface area contributed by atoms with Crippen LogP contribution in [0.3, 0.4) is 0 Å². The molecule has 3 aromatic rings. The number of azo groups is 1. The zero-order valence-electron chi connectivity index (χ0n) is 10.1. The Morgan fingerprint density at radius 2 is 1.80 bits per heavy atom. The summed E-state index contributed by atoms with van der Waals surface area (Å²) >= 11 is 5.78. The minimum atomic E-state index is -0.389. The van der Waals surface area contributed by atoms with Gasteiger partial charge in [0.2, 0.25) is 5.88 Å². The molecule has 3 rings (SSSR count). The van der Waals surface area contributed by atoms with E-state index in [2.05, 4.69) is 15.2 Å². The molecule has 0 saturated carbocycles. The Labute approximate surface area is 118 Å². The van der Waals surface area contributed by atoms with Gasteiger partial charge in [0.25, 0.3) is 0 Å². The van der Waals surface area contributed by atoms with E-state index in [9.17, 15) is 9.50 Å². The Kier molecular flexibility index (Phi) is 3.12. The van der Waals surface area contributed by atoms with Gasteiger partial charge < -0.3 is 10.1 Å². The van der Waals surface area contributed by atoms with E-state index in [1.807, 2.05) is 0 Å². The van der Waals surface area contributed by atoms with E-state index in [1.54, 1.807) is 24.3 Å². The van der Waals surface area contributed by atoms with Crippen molar-refractivity contribution in [3.8, 4) is 5.88 Å². The number of halogens is 2. The molecule has 0 unspecified atom stereocenters. The molecule has 100 valence electrons. The Bertz CT molecular complexity index is 796. The van der Waals surface area contributed by atoms with Crippen LogP contribution in [0.4, 0.5) is 15.8 Å². The van der Waals surface area contributed by atoms with Gasteiger partial charge in [0.05, 0.1) is 11.2 Å². The molecule has 0 radical (unpaired) electrons. The van der Waals surface area contributed by atoms with Crippen LogP contribution < -0.4 is 0 Å². The number of H-pyrrole nitrogens is 1. The van der Waals surface area contributed by atoms with Crippen LogP contribution in [-0.4, -0.2) is 10.1 Å². The van der Waals surface area contributed by atoms with Crippen LogP contribution in [0, 0.1) is 5.82 Å². The predicted molar refractivity (Wildman–Crippen MR) is 75.5 cm³/mol. The lowest BCUT2D eigenvalue weighted by Gasteiger charge is -1.94. The predicted octanol–water partition coefficient (Wildman–Crippen LogP) is 5.08. The van der Waals surface area contributed by atoms with Gasteiger partial charge in [-0.05, 0) is 42.5 Å². The van der Waals surface area contributed by atoms with Gasteiger partial charge in [0.1, 0.15) is 5.82 Å². The van der Waals surface area contributed by atoms with Crippen LogP contribution in [0.25, 0.3) is 10.9 Å². The first kappa shape index (κ1) is 12.6. The second kappa shape index (κ2) is 4.94. The number of nitrogens with one attached hydrogen (secondary N) is 1. The highest BCUT2D eigenvalue weighted by molar-refractivity contribution is 6.30. The Hall–Kier alpha value is -2.40. The highest BCUT2D eigenvalue weighted by Crippen LogP contribution is 2.36. The third-order valence-electron chi connectivity index (χ3n) is 2.81. The third-order valence-corrected chi connectivity index (χ3v) is 3.06. The fraction of sp³-hybridized carbons (Fsp3) is 0. The SMILES string of the molecule is Oc1[nH]c2cc(F)ccc2c1N=Nc1ccc(Cl)cc1. The topological polar surface area (TPSA) is 60.7 Å². The van der Waals surface area contributed by atoms with Crippen molar-refractivity contribution in [2.45, 2.75) is 0 Å². The molecule has 0 atom stereocenters. The molecular weight excluding hydrogens is 281 g/mol. The second-order valence-corrected chi connectivity index (χ2v) is 4.62. The Morgan fingerprint density at radius 1 is 1.05 bits per heavy atom. The van der Waals surface area contributed by atoms with E-state index in [4.69, 9.17) is 11.6 Å². The number of benzene rings is 2. The lowest BCUT2D eigenvalue weighted by molar-refractivity contribution is 0.459. The van der Waals surface area contributed by atoms with E-state index in [1.165, 1.54) is 18.2 Å². The maximum Gasteiger partial charge on any atom is 0.218 e. The normalized spacial score (nSPS) is 11.5. The van der Waals surface area contributed by atoms with E-state index in [0.717, 1.165) is 0 Å². The molecule has 20 heavy (non-hydrogen) atoms. The smallest absolute Gasteiger partial charge is 0.218 e. The number of aromatic hydroxyl groups is 1. The quantitative estimate of drug-likeness (QED) is 0.635. The standard InChI is InChI=1S/C14H9ClFN3O/c15-8-1-4-10(5-2-8)18-19-13-11-6-3-9(16)7-12(11)17-14(13)20/h1-7,17,20H. The summed E-state index contributed by atoms with van der Waals surface area (Å²) in [5.74, 6) is -0.539. The van der Waals surface area contributed by atoms with Crippen molar-refractivity contribution < 1.29 is 9.50 Å². The summed E-state index contributed by atoms with van der Waals surface area (Å²) in [6.45, 7) is 0. The zero-order valence-corrected chi connectivity index (χ0v) is 10.9. The molecule has 2 aromatic carbocycles. The van der Waals surface area contributed by atoms with Gasteiger partial charge in [-0.25, -0.2) is 4.39 Å². The molecule has 2 N–H and O–H groups in total. The van der Waals surface area contributed by atoms with E-state index in [-0.39, 0.29) is 17.4 Å². The molecule has 1 aromatic heterocycles. The first-order valence-corrected chi connectivity index (χ1v) is 6.19. The molecule has 0 saturated heterocycles. The molecule has 0 aliphatic heterocycles. The van der Waals surface area contributed by atoms with Gasteiger partial charge in [-0.15, -0.1) is 5.11 Å². The molecule has 4 nitrogen and oxygen atoms in total. The summed E-state index contributed by atoms with van der Waals surface area (Å²) in [6, 6.07) is 10.9. The van der Waals surface area contributed by atoms with Crippen molar-refractivity contribution in [1.29, 1.82) is 0 Å². The molecule has 1 heterocycles. The molecule has 0 bridgehead atoms. The molecule has 0 amide bonds. The van der Waals surface area contributed by atoms with Crippen molar-refractivity contribution in [2.75, 3.05) is 0 Å². The summed E-state index contributed by atoms with van der Waals surface area (Å²) in [4.78, 5) is 2.65. The minimum absolute atomic E-state index is 0.150. The lowest BCUT2D eigenvalue weighted by atomic mass is 10.2. The van der Waals surface area contributed by atoms with Gasteiger partial charge >= 0.3 is 0 Å². The molecule has 0 aliphatic rings. The van der Waals surface area contributed by atoms with Gasteiger partial charge in [-0.2, -0.15) is 5.11 Å². The van der Waals surface area contributed by atoms with Crippen molar-refractivity contribution in [1.82, 2.24) is 4.98 Å². The fourth-order valence-electron chi connectivity index (χ4n) is 1.86. The molecule has 0 fully saturated rings. The monoisotopic (exact) mass is 289 g/mol. The van der Waals surface area contributed by atoms with Crippen molar-refractivity contribution >= 4 is 33.9 Å². The summed E-state index contributed by atoms with van der Waals surface area (Å²) in [7, 11) is 0. The Morgan fingerprint density at radius 3 is 2.55 bits per heavy atom. The summed E-state index contributed by atoms with van der Waals surface area (Å²) in [6.07, 6.45) is 0.